The number of fused-ring (bicyclic) bond motifs is 3. The molecule has 4 aromatic carbocycles. The molecule has 0 saturated heterocycles. The fraction of sp³-hybridized carbons (Fsp3) is 0.0606. The van der Waals surface area contributed by atoms with Crippen molar-refractivity contribution in [3.63, 3.8) is 0 Å². The van der Waals surface area contributed by atoms with Gasteiger partial charge in [0, 0.05) is 41.3 Å². The molecule has 7 aromatic rings. The van der Waals surface area contributed by atoms with E-state index < -0.39 is 4.92 Å². The van der Waals surface area contributed by atoms with Crippen LogP contribution in [0.3, 0.4) is 0 Å². The predicted octanol–water partition coefficient (Wildman–Crippen LogP) is 6.61. The Balaban J connectivity index is 1.36. The lowest BCUT2D eigenvalue weighted by Gasteiger charge is -2.07. The van der Waals surface area contributed by atoms with Crippen LogP contribution in [0.5, 0.6) is 5.75 Å². The van der Waals surface area contributed by atoms with Crippen LogP contribution >= 0.6 is 0 Å². The number of nitrogens with zero attached hydrogens (tertiary/aromatic N) is 5. The molecular formula is C33H23N5O5. The van der Waals surface area contributed by atoms with Gasteiger partial charge in [-0.25, -0.2) is 4.98 Å². The summed E-state index contributed by atoms with van der Waals surface area (Å²) in [6, 6.07) is 28.7. The van der Waals surface area contributed by atoms with Gasteiger partial charge in [-0.15, -0.1) is 0 Å². The number of furan rings is 1. The molecule has 0 radical (unpaired) electrons. The van der Waals surface area contributed by atoms with Gasteiger partial charge in [0.1, 0.15) is 11.3 Å². The van der Waals surface area contributed by atoms with Gasteiger partial charge in [0.25, 0.3) is 11.2 Å². The smallest absolute Gasteiger partial charge is 0.282 e. The Morgan fingerprint density at radius 1 is 0.953 bits per heavy atom. The van der Waals surface area contributed by atoms with Gasteiger partial charge in [-0.3, -0.25) is 14.9 Å². The summed E-state index contributed by atoms with van der Waals surface area (Å²) >= 11 is 0. The van der Waals surface area contributed by atoms with Crippen molar-refractivity contribution >= 4 is 44.7 Å². The molecule has 3 heterocycles. The number of para-hydroxylation sites is 2. The number of benzene rings is 4. The van der Waals surface area contributed by atoms with E-state index in [1.165, 1.54) is 10.7 Å². The van der Waals surface area contributed by atoms with Crippen molar-refractivity contribution in [2.24, 2.45) is 5.10 Å². The first-order valence-corrected chi connectivity index (χ1v) is 13.4. The predicted molar refractivity (Wildman–Crippen MR) is 165 cm³/mol. The van der Waals surface area contributed by atoms with Crippen LogP contribution in [0.2, 0.25) is 0 Å². The number of aromatic nitrogens is 3. The summed E-state index contributed by atoms with van der Waals surface area (Å²) in [6.07, 6.45) is 3.54. The molecule has 43 heavy (non-hydrogen) atoms. The highest BCUT2D eigenvalue weighted by atomic mass is 16.6. The molecule has 10 nitrogen and oxygen atoms in total. The third-order valence-corrected chi connectivity index (χ3v) is 7.32. The van der Waals surface area contributed by atoms with E-state index in [9.17, 15) is 14.9 Å². The first kappa shape index (κ1) is 25.9. The fourth-order valence-electron chi connectivity index (χ4n) is 5.31. The van der Waals surface area contributed by atoms with Crippen molar-refractivity contribution in [2.75, 3.05) is 7.11 Å². The molecule has 0 saturated carbocycles. The summed E-state index contributed by atoms with van der Waals surface area (Å²) < 4.78 is 14.9. The Morgan fingerprint density at radius 3 is 2.58 bits per heavy atom. The molecule has 0 bridgehead atoms. The van der Waals surface area contributed by atoms with E-state index in [0.29, 0.717) is 34.5 Å². The molecule has 0 atom stereocenters. The van der Waals surface area contributed by atoms with Crippen LogP contribution in [-0.2, 0) is 6.54 Å². The zero-order valence-electron chi connectivity index (χ0n) is 22.9. The lowest BCUT2D eigenvalue weighted by Crippen LogP contribution is -2.20. The SMILES string of the molecule is COc1cccc2oc(-c3nc4ccccc4c(=O)n3N=Cc3cn(Cc4cccc([N+](=O)[O-])c4)c4ccccc34)cc12. The minimum Gasteiger partial charge on any atom is -0.496 e. The second kappa shape index (κ2) is 10.4. The maximum atomic E-state index is 13.8. The molecule has 0 aliphatic rings. The van der Waals surface area contributed by atoms with Gasteiger partial charge in [0.2, 0.25) is 5.82 Å². The molecule has 0 aliphatic carbocycles. The zero-order chi connectivity index (χ0) is 29.5. The summed E-state index contributed by atoms with van der Waals surface area (Å²) in [5.41, 5.74) is 3.28. The number of hydrogen-bond donors (Lipinski definition) is 0. The molecular weight excluding hydrogens is 546 g/mol. The standard InChI is InChI=1S/C33H23N5O5/c1-42-29-14-7-15-30-26(29)17-31(43-30)32-35-27-12-4-2-11-25(27)33(39)37(32)34-18-22-20-36(28-13-5-3-10-24(22)28)19-21-8-6-9-23(16-21)38(40)41/h2-18,20H,19H2,1H3. The van der Waals surface area contributed by atoms with Gasteiger partial charge in [-0.1, -0.05) is 48.5 Å². The number of ether oxygens (including phenoxy) is 1. The zero-order valence-corrected chi connectivity index (χ0v) is 22.9. The summed E-state index contributed by atoms with van der Waals surface area (Å²) in [4.78, 5) is 29.4. The van der Waals surface area contributed by atoms with Crippen LogP contribution in [-0.4, -0.2) is 32.5 Å². The van der Waals surface area contributed by atoms with Crippen LogP contribution in [0.4, 0.5) is 5.69 Å². The minimum absolute atomic E-state index is 0.0367. The van der Waals surface area contributed by atoms with Gasteiger partial charge in [0.15, 0.2) is 5.76 Å². The second-order valence-corrected chi connectivity index (χ2v) is 9.95. The van der Waals surface area contributed by atoms with Crippen molar-refractivity contribution in [3.8, 4) is 17.3 Å². The Morgan fingerprint density at radius 2 is 1.74 bits per heavy atom. The molecule has 0 spiro atoms. The summed E-state index contributed by atoms with van der Waals surface area (Å²) in [7, 11) is 1.59. The number of hydrogen-bond acceptors (Lipinski definition) is 7. The first-order valence-electron chi connectivity index (χ1n) is 13.4. The molecule has 210 valence electrons. The monoisotopic (exact) mass is 569 g/mol. The van der Waals surface area contributed by atoms with Gasteiger partial charge < -0.3 is 13.7 Å². The average molecular weight is 570 g/mol. The highest BCUT2D eigenvalue weighted by Crippen LogP contribution is 2.33. The topological polar surface area (TPSA) is 118 Å². The van der Waals surface area contributed by atoms with Crippen molar-refractivity contribution in [3.05, 3.63) is 135 Å². The van der Waals surface area contributed by atoms with E-state index in [2.05, 4.69) is 5.10 Å². The van der Waals surface area contributed by atoms with Crippen LogP contribution in [0.25, 0.3) is 44.4 Å². The lowest BCUT2D eigenvalue weighted by atomic mass is 10.2. The first-order chi connectivity index (χ1) is 21.0. The minimum atomic E-state index is -0.402. The lowest BCUT2D eigenvalue weighted by molar-refractivity contribution is -0.384. The quantitative estimate of drug-likeness (QED) is 0.121. The highest BCUT2D eigenvalue weighted by molar-refractivity contribution is 5.99. The molecule has 0 fully saturated rings. The summed E-state index contributed by atoms with van der Waals surface area (Å²) in [5, 5.41) is 18.0. The molecule has 3 aromatic heterocycles. The molecule has 0 unspecified atom stereocenters. The number of nitro groups is 1. The largest absolute Gasteiger partial charge is 0.496 e. The van der Waals surface area contributed by atoms with E-state index in [1.54, 1.807) is 49.7 Å². The summed E-state index contributed by atoms with van der Waals surface area (Å²) in [5.74, 6) is 1.26. The average Bonchev–Trinajstić information content (AvgIpc) is 3.62. The molecule has 10 heteroatoms. The van der Waals surface area contributed by atoms with Crippen LogP contribution in [0.1, 0.15) is 11.1 Å². The molecule has 0 N–H and O–H groups in total. The third kappa shape index (κ3) is 4.60. The van der Waals surface area contributed by atoms with Crippen LogP contribution in [0.15, 0.2) is 118 Å². The van der Waals surface area contributed by atoms with Gasteiger partial charge in [0.05, 0.1) is 34.5 Å². The maximum absolute atomic E-state index is 13.8. The Hall–Kier alpha value is -6.03. The van der Waals surface area contributed by atoms with Crippen LogP contribution < -0.4 is 10.3 Å². The van der Waals surface area contributed by atoms with Crippen molar-refractivity contribution < 1.29 is 14.1 Å². The van der Waals surface area contributed by atoms with Crippen molar-refractivity contribution in [1.82, 2.24) is 14.2 Å². The Labute approximate surface area is 243 Å². The van der Waals surface area contributed by atoms with Gasteiger partial charge in [-0.2, -0.15) is 9.78 Å². The van der Waals surface area contributed by atoms with Gasteiger partial charge >= 0.3 is 0 Å². The number of methoxy groups -OCH3 is 1. The summed E-state index contributed by atoms with van der Waals surface area (Å²) in [6.45, 7) is 0.416. The molecule has 0 amide bonds. The molecule has 0 aliphatic heterocycles. The Bertz CT molecular complexity index is 2280. The Kier molecular flexibility index (Phi) is 6.28. The van der Waals surface area contributed by atoms with Gasteiger partial charge in [-0.05, 0) is 42.0 Å². The maximum Gasteiger partial charge on any atom is 0.282 e. The second-order valence-electron chi connectivity index (χ2n) is 9.95. The van der Waals surface area contributed by atoms with E-state index in [-0.39, 0.29) is 17.1 Å². The fourth-order valence-corrected chi connectivity index (χ4v) is 5.31. The van der Waals surface area contributed by atoms with E-state index in [1.807, 2.05) is 65.4 Å². The highest BCUT2D eigenvalue weighted by Gasteiger charge is 2.18. The van der Waals surface area contributed by atoms with Crippen LogP contribution in [0, 0.1) is 10.1 Å². The normalized spacial score (nSPS) is 11.7. The number of non-ortho nitro benzene ring substituents is 1. The van der Waals surface area contributed by atoms with Crippen molar-refractivity contribution in [1.29, 1.82) is 0 Å². The number of rotatable bonds is 7. The van der Waals surface area contributed by atoms with E-state index in [0.717, 1.165) is 27.4 Å². The van der Waals surface area contributed by atoms with Crippen molar-refractivity contribution in [2.45, 2.75) is 6.54 Å². The van der Waals surface area contributed by atoms with E-state index in [4.69, 9.17) is 14.1 Å². The number of nitro benzene ring substituents is 1. The third-order valence-electron chi connectivity index (χ3n) is 7.32. The van der Waals surface area contributed by atoms with E-state index >= 15 is 0 Å². The molecule has 7 rings (SSSR count).